The normalized spacial score (nSPS) is 12.4. The van der Waals surface area contributed by atoms with E-state index in [0.29, 0.717) is 0 Å². The van der Waals surface area contributed by atoms with Gasteiger partial charge < -0.3 is 0 Å². The highest BCUT2D eigenvalue weighted by Gasteiger charge is 2.25. The molecule has 1 aliphatic rings. The molecule has 34 heavy (non-hydrogen) atoms. The monoisotopic (exact) mass is 471 g/mol. The van der Waals surface area contributed by atoms with Crippen LogP contribution in [0, 0.1) is 18.7 Å². The summed E-state index contributed by atoms with van der Waals surface area (Å²) in [6, 6.07) is 6.50. The molecule has 1 saturated carbocycles. The van der Waals surface area contributed by atoms with Crippen molar-refractivity contribution in [1.29, 1.82) is 0 Å². The molecule has 1 aliphatic carbocycles. The van der Waals surface area contributed by atoms with Crippen LogP contribution in [0.25, 0.3) is 0 Å². The van der Waals surface area contributed by atoms with E-state index >= 15 is 0 Å². The Hall–Kier alpha value is -1.96. The average Bonchev–Trinajstić information content (AvgIpc) is 3.58. The maximum atomic E-state index is 12.2. The number of benzene rings is 1. The molecule has 0 spiro atoms. The van der Waals surface area contributed by atoms with Crippen LogP contribution in [0.5, 0.6) is 0 Å². The van der Waals surface area contributed by atoms with Crippen LogP contribution in [0.3, 0.4) is 0 Å². The van der Waals surface area contributed by atoms with Crippen LogP contribution in [0.1, 0.15) is 118 Å². The number of allylic oxidation sites excluding steroid dienone is 4. The van der Waals surface area contributed by atoms with Crippen LogP contribution < -0.4 is 0 Å². The van der Waals surface area contributed by atoms with E-state index in [-0.39, 0.29) is 5.82 Å². The maximum absolute atomic E-state index is 12.2. The summed E-state index contributed by atoms with van der Waals surface area (Å²) in [6.45, 7) is 24.4. The van der Waals surface area contributed by atoms with Crippen molar-refractivity contribution < 1.29 is 4.39 Å². The van der Waals surface area contributed by atoms with Crippen molar-refractivity contribution in [2.24, 2.45) is 10.9 Å². The zero-order valence-electron chi connectivity index (χ0n) is 23.8. The molecule has 1 aromatic carbocycles. The summed E-state index contributed by atoms with van der Waals surface area (Å²) in [5.74, 6) is 0.593. The topological polar surface area (TPSA) is 12.4 Å². The van der Waals surface area contributed by atoms with Gasteiger partial charge in [-0.2, -0.15) is 0 Å². The predicted octanol–water partition coefficient (Wildman–Crippen LogP) is 11.2. The predicted molar refractivity (Wildman–Crippen MR) is 154 cm³/mol. The number of hydrogen-bond donors (Lipinski definition) is 0. The second-order valence-corrected chi connectivity index (χ2v) is 9.50. The van der Waals surface area contributed by atoms with Crippen molar-refractivity contribution in [2.75, 3.05) is 0 Å². The summed E-state index contributed by atoms with van der Waals surface area (Å²) in [6.07, 6.45) is 15.3. The van der Waals surface area contributed by atoms with Crippen LogP contribution in [0.2, 0.25) is 0 Å². The zero-order valence-corrected chi connectivity index (χ0v) is 23.8. The first-order valence-electron chi connectivity index (χ1n) is 13.3. The van der Waals surface area contributed by atoms with E-state index in [1.807, 2.05) is 32.9 Å². The van der Waals surface area contributed by atoms with E-state index in [1.54, 1.807) is 6.07 Å². The highest BCUT2D eigenvalue weighted by molar-refractivity contribution is 5.80. The molecule has 0 saturated heterocycles. The number of aliphatic imine (C=N–C) groups is 1. The Morgan fingerprint density at radius 1 is 0.971 bits per heavy atom. The quantitative estimate of drug-likeness (QED) is 0.139. The minimum atomic E-state index is -0.162. The van der Waals surface area contributed by atoms with Gasteiger partial charge in [0.15, 0.2) is 0 Å². The fourth-order valence-electron chi connectivity index (χ4n) is 3.19. The minimum absolute atomic E-state index is 0.162. The summed E-state index contributed by atoms with van der Waals surface area (Å²) in [7, 11) is 0. The Morgan fingerprint density at radius 3 is 1.82 bits per heavy atom. The van der Waals surface area contributed by atoms with Gasteiger partial charge in [-0.1, -0.05) is 89.7 Å². The number of nitrogens with zero attached hydrogens (tertiary/aromatic N) is 1. The first-order valence-corrected chi connectivity index (χ1v) is 13.3. The summed E-state index contributed by atoms with van der Waals surface area (Å²) in [5, 5.41) is 0. The molecule has 2 rings (SSSR count). The van der Waals surface area contributed by atoms with E-state index in [4.69, 9.17) is 0 Å². The summed E-state index contributed by atoms with van der Waals surface area (Å²) in [4.78, 5) is 4.43. The van der Waals surface area contributed by atoms with Gasteiger partial charge >= 0.3 is 0 Å². The summed E-state index contributed by atoms with van der Waals surface area (Å²) in [5.41, 5.74) is 5.89. The van der Waals surface area contributed by atoms with Crippen LogP contribution in [-0.2, 0) is 0 Å². The molecule has 0 aliphatic heterocycles. The second kappa shape index (κ2) is 22.8. The van der Waals surface area contributed by atoms with Gasteiger partial charge in [-0.25, -0.2) is 4.39 Å². The smallest absolute Gasteiger partial charge is 0.123 e. The molecule has 0 unspecified atom stereocenters. The van der Waals surface area contributed by atoms with E-state index < -0.39 is 0 Å². The average molecular weight is 472 g/mol. The maximum Gasteiger partial charge on any atom is 0.123 e. The van der Waals surface area contributed by atoms with Crippen molar-refractivity contribution >= 4 is 5.71 Å². The fraction of sp³-hybridized carbons (Fsp3) is 0.594. The molecule has 1 fully saturated rings. The molecule has 0 atom stereocenters. The molecule has 0 heterocycles. The van der Waals surface area contributed by atoms with E-state index in [0.717, 1.165) is 22.9 Å². The van der Waals surface area contributed by atoms with E-state index in [9.17, 15) is 4.39 Å². The Morgan fingerprint density at radius 2 is 1.50 bits per heavy atom. The Labute approximate surface area is 212 Å². The molecule has 1 aromatic rings. The van der Waals surface area contributed by atoms with Gasteiger partial charge in [-0.3, -0.25) is 4.99 Å². The van der Waals surface area contributed by atoms with E-state index in [1.165, 1.54) is 87.5 Å². The Balaban J connectivity index is 0. The first kappa shape index (κ1) is 34.2. The lowest BCUT2D eigenvalue weighted by molar-refractivity contribution is 0.626. The molecular weight excluding hydrogens is 417 g/mol. The van der Waals surface area contributed by atoms with Gasteiger partial charge in [0.1, 0.15) is 5.82 Å². The van der Waals surface area contributed by atoms with E-state index in [2.05, 4.69) is 52.8 Å². The standard InChI is InChI=1S/C11H17N.C8H16.C7H7F.C6H14/c1-5-11(10-6-7-10)9(4)12-8(2)3;1-4-5-6-7-8(2)3;1-6-3-2-4-7(8)5-6;1-3-5-6-4-2/h5,10H,1,6-7H2,2-4H3;2,4-7H2,1,3H3;2-5H,1H3;3-6H2,1-2H3/b11-9+;;;. The zero-order chi connectivity index (χ0) is 26.4. The molecule has 1 nitrogen and oxygen atoms in total. The third-order valence-electron chi connectivity index (χ3n) is 5.19. The largest absolute Gasteiger partial charge is 0.263 e. The molecule has 0 bridgehead atoms. The van der Waals surface area contributed by atoms with Gasteiger partial charge in [-0.15, -0.1) is 6.58 Å². The number of halogens is 1. The van der Waals surface area contributed by atoms with Crippen molar-refractivity contribution in [2.45, 2.75) is 120 Å². The molecule has 2 heteroatoms. The van der Waals surface area contributed by atoms with Crippen LogP contribution in [0.4, 0.5) is 4.39 Å². The molecular formula is C32H54FN. The van der Waals surface area contributed by atoms with Gasteiger partial charge in [-0.05, 0) is 89.5 Å². The molecule has 0 amide bonds. The van der Waals surface area contributed by atoms with Gasteiger partial charge in [0.2, 0.25) is 0 Å². The molecule has 0 aromatic heterocycles. The molecule has 0 N–H and O–H groups in total. The van der Waals surface area contributed by atoms with Crippen LogP contribution in [-0.4, -0.2) is 5.71 Å². The molecule has 0 radical (unpaired) electrons. The molecule has 194 valence electrons. The fourth-order valence-corrected chi connectivity index (χ4v) is 3.19. The number of hydrogen-bond acceptors (Lipinski definition) is 1. The van der Waals surface area contributed by atoms with Gasteiger partial charge in [0, 0.05) is 11.4 Å². The number of unbranched alkanes of at least 4 members (excludes halogenated alkanes) is 5. The number of rotatable bonds is 10. The van der Waals surface area contributed by atoms with Crippen LogP contribution in [0.15, 0.2) is 65.3 Å². The van der Waals surface area contributed by atoms with Crippen molar-refractivity contribution in [3.05, 3.63) is 71.7 Å². The highest BCUT2D eigenvalue weighted by Crippen LogP contribution is 2.38. The number of aryl methyl sites for hydroxylation is 1. The van der Waals surface area contributed by atoms with Crippen molar-refractivity contribution in [3.63, 3.8) is 0 Å². The lowest BCUT2D eigenvalue weighted by Crippen LogP contribution is -1.88. The van der Waals surface area contributed by atoms with Crippen molar-refractivity contribution in [1.82, 2.24) is 0 Å². The van der Waals surface area contributed by atoms with Gasteiger partial charge in [0.25, 0.3) is 0 Å². The van der Waals surface area contributed by atoms with Gasteiger partial charge in [0.05, 0.1) is 0 Å². The third-order valence-corrected chi connectivity index (χ3v) is 5.19. The lowest BCUT2D eigenvalue weighted by Gasteiger charge is -2.02. The third kappa shape index (κ3) is 23.2. The first-order chi connectivity index (χ1) is 16.1. The minimum Gasteiger partial charge on any atom is -0.263 e. The second-order valence-electron chi connectivity index (χ2n) is 9.50. The Bertz CT molecular complexity index is 697. The summed E-state index contributed by atoms with van der Waals surface area (Å²) < 4.78 is 12.2. The summed E-state index contributed by atoms with van der Waals surface area (Å²) >= 11 is 0. The lowest BCUT2D eigenvalue weighted by atomic mass is 10.1. The highest BCUT2D eigenvalue weighted by atomic mass is 19.1. The Kier molecular flexibility index (Phi) is 23.0. The van der Waals surface area contributed by atoms with Crippen molar-refractivity contribution in [3.8, 4) is 0 Å². The van der Waals surface area contributed by atoms with Crippen LogP contribution >= 0.6 is 0 Å². The SMILES string of the molecule is C=C(C)CCCCC.C=C/C(=C(/C)N=C(C)C)C1CC1.CCCCCC.Cc1cccc(F)c1.